The molecule has 0 aromatic heterocycles. The molecule has 0 radical (unpaired) electrons. The molecule has 0 bridgehead atoms. The number of phenols is 1. The molecule has 0 heterocycles. The van der Waals surface area contributed by atoms with Crippen LogP contribution < -0.4 is 0 Å². The predicted octanol–water partition coefficient (Wildman–Crippen LogP) is 3.49. The van der Waals surface area contributed by atoms with E-state index in [1.54, 1.807) is 12.1 Å². The highest BCUT2D eigenvalue weighted by Crippen LogP contribution is 2.34. The topological polar surface area (TPSA) is 37.3 Å². The number of hydrogen-bond acceptors (Lipinski definition) is 2. The number of aromatic hydroxyl groups is 1. The maximum atomic E-state index is 11.0. The van der Waals surface area contributed by atoms with Crippen molar-refractivity contribution >= 4 is 6.29 Å². The van der Waals surface area contributed by atoms with Crippen molar-refractivity contribution in [3.05, 3.63) is 53.1 Å². The zero-order valence-corrected chi connectivity index (χ0v) is 9.90. The van der Waals surface area contributed by atoms with Gasteiger partial charge in [0.05, 0.1) is 0 Å². The number of aldehydes is 1. The van der Waals surface area contributed by atoms with Crippen LogP contribution in [0, 0.1) is 13.8 Å². The van der Waals surface area contributed by atoms with Gasteiger partial charge in [-0.15, -0.1) is 0 Å². The third kappa shape index (κ3) is 2.07. The summed E-state index contributed by atoms with van der Waals surface area (Å²) >= 11 is 0. The van der Waals surface area contributed by atoms with Crippen molar-refractivity contribution < 1.29 is 9.90 Å². The number of aryl methyl sites for hydroxylation is 2. The summed E-state index contributed by atoms with van der Waals surface area (Å²) in [4.78, 5) is 11.0. The van der Waals surface area contributed by atoms with Crippen molar-refractivity contribution in [2.45, 2.75) is 13.8 Å². The minimum Gasteiger partial charge on any atom is -0.507 e. The van der Waals surface area contributed by atoms with Gasteiger partial charge in [0.25, 0.3) is 0 Å². The van der Waals surface area contributed by atoms with E-state index in [2.05, 4.69) is 0 Å². The molecule has 0 aliphatic rings. The molecule has 2 aromatic carbocycles. The van der Waals surface area contributed by atoms with E-state index in [1.807, 2.05) is 38.1 Å². The van der Waals surface area contributed by atoms with Crippen LogP contribution in [0.2, 0.25) is 0 Å². The highest BCUT2D eigenvalue weighted by Gasteiger charge is 2.11. The Morgan fingerprint density at radius 1 is 1.00 bits per heavy atom. The lowest BCUT2D eigenvalue weighted by Gasteiger charge is -2.10. The van der Waals surface area contributed by atoms with E-state index in [1.165, 1.54) is 0 Å². The van der Waals surface area contributed by atoms with E-state index in [4.69, 9.17) is 0 Å². The third-order valence-electron chi connectivity index (χ3n) is 2.88. The Morgan fingerprint density at radius 3 is 2.24 bits per heavy atom. The molecule has 0 unspecified atom stereocenters. The number of hydrogen-bond donors (Lipinski definition) is 1. The number of carbonyl (C=O) groups excluding carboxylic acids is 1. The Hall–Kier alpha value is -2.09. The first-order chi connectivity index (χ1) is 8.13. The summed E-state index contributed by atoms with van der Waals surface area (Å²) in [6.45, 7) is 3.82. The lowest BCUT2D eigenvalue weighted by Crippen LogP contribution is -1.90. The molecule has 2 heteroatoms. The molecule has 1 N–H and O–H groups in total. The average molecular weight is 226 g/mol. The van der Waals surface area contributed by atoms with Crippen molar-refractivity contribution in [1.82, 2.24) is 0 Å². The van der Waals surface area contributed by atoms with E-state index in [9.17, 15) is 9.90 Å². The molecule has 0 atom stereocenters. The minimum atomic E-state index is 0.179. The maximum Gasteiger partial charge on any atom is 0.150 e. The molecule has 2 rings (SSSR count). The lowest BCUT2D eigenvalue weighted by atomic mass is 9.96. The van der Waals surface area contributed by atoms with Crippen molar-refractivity contribution in [2.75, 3.05) is 0 Å². The van der Waals surface area contributed by atoms with Gasteiger partial charge < -0.3 is 5.11 Å². The van der Waals surface area contributed by atoms with Gasteiger partial charge in [-0.1, -0.05) is 42.0 Å². The Morgan fingerprint density at radius 2 is 1.65 bits per heavy atom. The predicted molar refractivity (Wildman–Crippen MR) is 68.4 cm³/mol. The van der Waals surface area contributed by atoms with Crippen molar-refractivity contribution in [2.24, 2.45) is 0 Å². The summed E-state index contributed by atoms with van der Waals surface area (Å²) in [5.74, 6) is 0.179. The smallest absolute Gasteiger partial charge is 0.150 e. The van der Waals surface area contributed by atoms with Crippen molar-refractivity contribution in [1.29, 1.82) is 0 Å². The standard InChI is InChI=1S/C15H14O2/c1-10-3-6-12(7-4-10)14-13(9-16)8-5-11(2)15(14)17/h3-9,17H,1-2H3. The summed E-state index contributed by atoms with van der Waals surface area (Å²) in [7, 11) is 0. The first kappa shape index (κ1) is 11.4. The van der Waals surface area contributed by atoms with Crippen LogP contribution in [0.25, 0.3) is 11.1 Å². The zero-order chi connectivity index (χ0) is 12.4. The molecule has 17 heavy (non-hydrogen) atoms. The quantitative estimate of drug-likeness (QED) is 0.796. The van der Waals surface area contributed by atoms with E-state index >= 15 is 0 Å². The maximum absolute atomic E-state index is 11.0. The number of benzene rings is 2. The van der Waals surface area contributed by atoms with Crippen molar-refractivity contribution in [3.8, 4) is 16.9 Å². The molecule has 2 nitrogen and oxygen atoms in total. The molecule has 86 valence electrons. The summed E-state index contributed by atoms with van der Waals surface area (Å²) in [5, 5.41) is 10.1. The van der Waals surface area contributed by atoms with Gasteiger partial charge in [0.2, 0.25) is 0 Å². The van der Waals surface area contributed by atoms with Gasteiger partial charge in [0.1, 0.15) is 5.75 Å². The molecule has 2 aromatic rings. The fourth-order valence-electron chi connectivity index (χ4n) is 1.83. The number of carbonyl (C=O) groups is 1. The van der Waals surface area contributed by atoms with Crippen molar-refractivity contribution in [3.63, 3.8) is 0 Å². The van der Waals surface area contributed by atoms with Gasteiger partial charge in [-0.05, 0) is 25.0 Å². The van der Waals surface area contributed by atoms with E-state index < -0.39 is 0 Å². The fraction of sp³-hybridized carbons (Fsp3) is 0.133. The van der Waals surface area contributed by atoms with Crippen LogP contribution >= 0.6 is 0 Å². The van der Waals surface area contributed by atoms with Gasteiger partial charge in [-0.3, -0.25) is 4.79 Å². The first-order valence-corrected chi connectivity index (χ1v) is 5.48. The largest absolute Gasteiger partial charge is 0.507 e. The van der Waals surface area contributed by atoms with Crippen LogP contribution in [0.15, 0.2) is 36.4 Å². The van der Waals surface area contributed by atoms with Gasteiger partial charge in [-0.25, -0.2) is 0 Å². The van der Waals surface area contributed by atoms with Crippen LogP contribution in [0.1, 0.15) is 21.5 Å². The van der Waals surface area contributed by atoms with Crippen LogP contribution in [0.3, 0.4) is 0 Å². The molecule has 0 fully saturated rings. The molecular weight excluding hydrogens is 212 g/mol. The van der Waals surface area contributed by atoms with Crippen LogP contribution in [-0.4, -0.2) is 11.4 Å². The molecule has 0 aliphatic heterocycles. The van der Waals surface area contributed by atoms with Gasteiger partial charge in [-0.2, -0.15) is 0 Å². The zero-order valence-electron chi connectivity index (χ0n) is 9.90. The van der Waals surface area contributed by atoms with Gasteiger partial charge >= 0.3 is 0 Å². The lowest BCUT2D eigenvalue weighted by molar-refractivity contribution is 0.112. The monoisotopic (exact) mass is 226 g/mol. The van der Waals surface area contributed by atoms with Crippen LogP contribution in [-0.2, 0) is 0 Å². The van der Waals surface area contributed by atoms with Crippen LogP contribution in [0.4, 0.5) is 0 Å². The second kappa shape index (κ2) is 4.42. The fourth-order valence-corrected chi connectivity index (χ4v) is 1.83. The molecule has 0 amide bonds. The summed E-state index contributed by atoms with van der Waals surface area (Å²) < 4.78 is 0. The van der Waals surface area contributed by atoms with E-state index in [0.717, 1.165) is 23.0 Å². The molecular formula is C15H14O2. The highest BCUT2D eigenvalue weighted by atomic mass is 16.3. The number of phenolic OH excluding ortho intramolecular Hbond substituents is 1. The number of rotatable bonds is 2. The minimum absolute atomic E-state index is 0.179. The summed E-state index contributed by atoms with van der Waals surface area (Å²) in [5.41, 5.74) is 3.90. The normalized spacial score (nSPS) is 10.2. The molecule has 0 saturated heterocycles. The molecule has 0 spiro atoms. The second-order valence-electron chi connectivity index (χ2n) is 4.18. The van der Waals surface area contributed by atoms with E-state index in [0.29, 0.717) is 11.1 Å². The Labute approximate surface area is 101 Å². The Bertz CT molecular complexity index is 554. The Kier molecular flexibility index (Phi) is 2.96. The molecule has 0 saturated carbocycles. The van der Waals surface area contributed by atoms with Gasteiger partial charge in [0, 0.05) is 11.1 Å². The van der Waals surface area contributed by atoms with Crippen LogP contribution in [0.5, 0.6) is 5.75 Å². The summed E-state index contributed by atoms with van der Waals surface area (Å²) in [6.07, 6.45) is 0.772. The average Bonchev–Trinajstić information content (AvgIpc) is 2.34. The summed E-state index contributed by atoms with van der Waals surface area (Å²) in [6, 6.07) is 11.2. The van der Waals surface area contributed by atoms with Gasteiger partial charge in [0.15, 0.2) is 6.29 Å². The highest BCUT2D eigenvalue weighted by molar-refractivity contribution is 5.91. The third-order valence-corrected chi connectivity index (χ3v) is 2.88. The second-order valence-corrected chi connectivity index (χ2v) is 4.18. The SMILES string of the molecule is Cc1ccc(-c2c(C=O)ccc(C)c2O)cc1. The van der Waals surface area contributed by atoms with E-state index in [-0.39, 0.29) is 5.75 Å². The Balaban J connectivity index is 2.68. The molecule has 0 aliphatic carbocycles. The first-order valence-electron chi connectivity index (χ1n) is 5.48.